The van der Waals surface area contributed by atoms with E-state index in [1.54, 1.807) is 38.0 Å². The molecule has 0 saturated heterocycles. The number of methoxy groups -OCH3 is 2. The average Bonchev–Trinajstić information content (AvgIpc) is 2.60. The van der Waals surface area contributed by atoms with E-state index in [2.05, 4.69) is 0 Å². The molecule has 0 fully saturated rings. The molecule has 0 bridgehead atoms. The Labute approximate surface area is 144 Å². The Bertz CT molecular complexity index is 1030. The smallest absolute Gasteiger partial charge is 0.336 e. The normalized spacial score (nSPS) is 10.8. The second kappa shape index (κ2) is 6.84. The van der Waals surface area contributed by atoms with Crippen molar-refractivity contribution >= 4 is 11.0 Å². The lowest BCUT2D eigenvalue weighted by Crippen LogP contribution is -2.22. The van der Waals surface area contributed by atoms with Crippen molar-refractivity contribution < 1.29 is 13.9 Å². The fraction of sp³-hybridized carbons (Fsp3) is 0.263. The van der Waals surface area contributed by atoms with Gasteiger partial charge >= 0.3 is 5.63 Å². The molecule has 25 heavy (non-hydrogen) atoms. The number of ether oxygens (including phenoxy) is 2. The number of aromatic nitrogens is 1. The van der Waals surface area contributed by atoms with E-state index in [0.29, 0.717) is 41.0 Å². The summed E-state index contributed by atoms with van der Waals surface area (Å²) in [5.41, 5.74) is 1.35. The van der Waals surface area contributed by atoms with Gasteiger partial charge in [0, 0.05) is 18.8 Å². The fourth-order valence-electron chi connectivity index (χ4n) is 2.85. The summed E-state index contributed by atoms with van der Waals surface area (Å²) >= 11 is 0. The number of benzene rings is 1. The third-order valence-corrected chi connectivity index (χ3v) is 4.16. The lowest BCUT2D eigenvalue weighted by molar-refractivity contribution is 0.354. The summed E-state index contributed by atoms with van der Waals surface area (Å²) in [6, 6.07) is 8.67. The number of pyridine rings is 1. The van der Waals surface area contributed by atoms with Crippen molar-refractivity contribution in [3.8, 4) is 11.5 Å². The molecule has 6 heteroatoms. The van der Waals surface area contributed by atoms with Gasteiger partial charge in [0.2, 0.25) is 0 Å². The Hall–Kier alpha value is -3.02. The van der Waals surface area contributed by atoms with Crippen molar-refractivity contribution in [3.05, 3.63) is 68.4 Å². The number of rotatable bonds is 5. The fourth-order valence-corrected chi connectivity index (χ4v) is 2.85. The number of hydrogen-bond acceptors (Lipinski definition) is 5. The Morgan fingerprint density at radius 3 is 2.52 bits per heavy atom. The minimum Gasteiger partial charge on any atom is -0.493 e. The van der Waals surface area contributed by atoms with Gasteiger partial charge in [0.1, 0.15) is 5.58 Å². The van der Waals surface area contributed by atoms with Gasteiger partial charge in [-0.2, -0.15) is 0 Å². The zero-order valence-electron chi connectivity index (χ0n) is 14.4. The number of fused-ring (bicyclic) bond motifs is 1. The van der Waals surface area contributed by atoms with E-state index in [1.807, 2.05) is 18.2 Å². The molecule has 3 aromatic rings. The van der Waals surface area contributed by atoms with Crippen molar-refractivity contribution in [2.24, 2.45) is 0 Å². The molecule has 0 spiro atoms. The summed E-state index contributed by atoms with van der Waals surface area (Å²) in [4.78, 5) is 24.1. The van der Waals surface area contributed by atoms with Crippen LogP contribution in [0.1, 0.15) is 11.1 Å². The molecule has 0 N–H and O–H groups in total. The molecule has 0 aliphatic carbocycles. The zero-order chi connectivity index (χ0) is 18.0. The van der Waals surface area contributed by atoms with E-state index in [0.717, 1.165) is 5.56 Å². The molecule has 130 valence electrons. The summed E-state index contributed by atoms with van der Waals surface area (Å²) in [7, 11) is 3.18. The number of aryl methyl sites for hydroxylation is 3. The Morgan fingerprint density at radius 2 is 1.80 bits per heavy atom. The largest absolute Gasteiger partial charge is 0.493 e. The maximum absolute atomic E-state index is 12.7. The first-order valence-corrected chi connectivity index (χ1v) is 7.88. The standard InChI is InChI=1S/C19H19NO5/c1-12-10-17(21)25-15-7-9-20(19(22)18(12)15)8-6-13-4-5-14(23-2)16(11-13)24-3/h4-5,7,9-11H,6,8H2,1-3H3. The number of nitrogens with zero attached hydrogens (tertiary/aromatic N) is 1. The van der Waals surface area contributed by atoms with Crippen LogP contribution < -0.4 is 20.7 Å². The first-order chi connectivity index (χ1) is 12.0. The highest BCUT2D eigenvalue weighted by Gasteiger charge is 2.10. The molecule has 0 unspecified atom stereocenters. The number of hydrogen-bond donors (Lipinski definition) is 0. The van der Waals surface area contributed by atoms with Gasteiger partial charge in [0.05, 0.1) is 19.6 Å². The van der Waals surface area contributed by atoms with Gasteiger partial charge in [-0.15, -0.1) is 0 Å². The van der Waals surface area contributed by atoms with Gasteiger partial charge in [-0.25, -0.2) is 4.79 Å². The topological polar surface area (TPSA) is 70.7 Å². The average molecular weight is 341 g/mol. The van der Waals surface area contributed by atoms with E-state index in [1.165, 1.54) is 6.07 Å². The summed E-state index contributed by atoms with van der Waals surface area (Å²) < 4.78 is 17.2. The molecule has 6 nitrogen and oxygen atoms in total. The second-order valence-electron chi connectivity index (χ2n) is 5.74. The Morgan fingerprint density at radius 1 is 1.04 bits per heavy atom. The second-order valence-corrected chi connectivity index (χ2v) is 5.74. The molecule has 0 amide bonds. The highest BCUT2D eigenvalue weighted by atomic mass is 16.5. The third-order valence-electron chi connectivity index (χ3n) is 4.16. The van der Waals surface area contributed by atoms with Gasteiger partial charge in [0.15, 0.2) is 11.5 Å². The first kappa shape index (κ1) is 16.8. The van der Waals surface area contributed by atoms with Gasteiger partial charge in [0.25, 0.3) is 5.56 Å². The molecule has 2 aromatic heterocycles. The maximum atomic E-state index is 12.7. The molecule has 0 aliphatic heterocycles. The molecule has 1 aromatic carbocycles. The molecule has 3 rings (SSSR count). The lowest BCUT2D eigenvalue weighted by atomic mass is 10.1. The van der Waals surface area contributed by atoms with Crippen LogP contribution in [0.4, 0.5) is 0 Å². The van der Waals surface area contributed by atoms with E-state index in [-0.39, 0.29) is 5.56 Å². The van der Waals surface area contributed by atoms with Crippen molar-refractivity contribution in [3.63, 3.8) is 0 Å². The molecular formula is C19H19NO5. The van der Waals surface area contributed by atoms with Gasteiger partial charge in [-0.05, 0) is 42.7 Å². The van der Waals surface area contributed by atoms with Crippen molar-refractivity contribution in [2.75, 3.05) is 14.2 Å². The van der Waals surface area contributed by atoms with Crippen LogP contribution in [-0.4, -0.2) is 18.8 Å². The van der Waals surface area contributed by atoms with Crippen molar-refractivity contribution in [1.82, 2.24) is 4.57 Å². The van der Waals surface area contributed by atoms with Crippen LogP contribution in [-0.2, 0) is 13.0 Å². The highest BCUT2D eigenvalue weighted by Crippen LogP contribution is 2.27. The molecule has 0 radical (unpaired) electrons. The predicted molar refractivity (Wildman–Crippen MR) is 94.7 cm³/mol. The minimum absolute atomic E-state index is 0.167. The molecule has 2 heterocycles. The minimum atomic E-state index is -0.451. The van der Waals surface area contributed by atoms with Crippen LogP contribution >= 0.6 is 0 Å². The van der Waals surface area contributed by atoms with Crippen LogP contribution in [0.3, 0.4) is 0 Å². The van der Waals surface area contributed by atoms with Crippen molar-refractivity contribution in [1.29, 1.82) is 0 Å². The third kappa shape index (κ3) is 3.28. The summed E-state index contributed by atoms with van der Waals surface area (Å²) in [5.74, 6) is 1.32. The van der Waals surface area contributed by atoms with Gasteiger partial charge in [-0.1, -0.05) is 6.07 Å². The molecular weight excluding hydrogens is 322 g/mol. The Kier molecular flexibility index (Phi) is 4.61. The van der Waals surface area contributed by atoms with Crippen LogP contribution in [0.15, 0.2) is 50.5 Å². The quantitative estimate of drug-likeness (QED) is 0.713. The zero-order valence-corrected chi connectivity index (χ0v) is 14.4. The maximum Gasteiger partial charge on any atom is 0.336 e. The van der Waals surface area contributed by atoms with Crippen molar-refractivity contribution in [2.45, 2.75) is 19.9 Å². The van der Waals surface area contributed by atoms with E-state index in [9.17, 15) is 9.59 Å². The van der Waals surface area contributed by atoms with E-state index >= 15 is 0 Å². The first-order valence-electron chi connectivity index (χ1n) is 7.88. The van der Waals surface area contributed by atoms with Crippen LogP contribution in [0.2, 0.25) is 0 Å². The molecule has 0 saturated carbocycles. The SMILES string of the molecule is COc1ccc(CCn2ccc3oc(=O)cc(C)c3c2=O)cc1OC. The summed E-state index contributed by atoms with van der Waals surface area (Å²) in [5, 5.41) is 0.439. The van der Waals surface area contributed by atoms with Gasteiger partial charge in [-0.3, -0.25) is 4.79 Å². The monoisotopic (exact) mass is 341 g/mol. The highest BCUT2D eigenvalue weighted by molar-refractivity contribution is 5.78. The van der Waals surface area contributed by atoms with E-state index < -0.39 is 5.63 Å². The molecule has 0 aliphatic rings. The molecule has 0 atom stereocenters. The van der Waals surface area contributed by atoms with E-state index in [4.69, 9.17) is 13.9 Å². The van der Waals surface area contributed by atoms with Crippen LogP contribution in [0.25, 0.3) is 11.0 Å². The Balaban J connectivity index is 1.90. The summed E-state index contributed by atoms with van der Waals surface area (Å²) in [6.45, 7) is 2.24. The van der Waals surface area contributed by atoms with Crippen LogP contribution in [0, 0.1) is 6.92 Å². The summed E-state index contributed by atoms with van der Waals surface area (Å²) in [6.07, 6.45) is 2.30. The van der Waals surface area contributed by atoms with Gasteiger partial charge < -0.3 is 18.5 Å². The van der Waals surface area contributed by atoms with Crippen LogP contribution in [0.5, 0.6) is 11.5 Å². The lowest BCUT2D eigenvalue weighted by Gasteiger charge is -2.11. The predicted octanol–water partition coefficient (Wildman–Crippen LogP) is 2.52.